The molecule has 1 aliphatic heterocycles. The molecule has 0 bridgehead atoms. The second-order valence-electron chi connectivity index (χ2n) is 4.07. The maximum Gasteiger partial charge on any atom is 0.299 e. The number of β-amino-alcohol motifs (C(OH)–C–C–N with tert-alkyl or cyclic N) is 1. The first-order valence-electron chi connectivity index (χ1n) is 5.25. The number of ketones is 1. The third-order valence-corrected chi connectivity index (χ3v) is 3.05. The quantitative estimate of drug-likeness (QED) is 0.649. The van der Waals surface area contributed by atoms with Gasteiger partial charge in [0, 0.05) is 0 Å². The molecule has 5 heteroatoms. The number of carbonyl (C=O) groups excluding carboxylic acids is 2. The van der Waals surface area contributed by atoms with Crippen molar-refractivity contribution in [2.75, 3.05) is 17.3 Å². The van der Waals surface area contributed by atoms with Gasteiger partial charge in [0.05, 0.1) is 29.8 Å². The number of aliphatic hydroxyl groups is 1. The van der Waals surface area contributed by atoms with Crippen LogP contribution in [0.2, 0.25) is 0 Å². The lowest BCUT2D eigenvalue weighted by atomic mass is 10.1. The number of hydrogen-bond donors (Lipinski definition) is 1. The first kappa shape index (κ1) is 12.1. The molecule has 0 aromatic heterocycles. The molecule has 0 saturated carbocycles. The molecule has 0 spiro atoms. The first-order chi connectivity index (χ1) is 8.04. The minimum Gasteiger partial charge on any atom is -0.390 e. The summed E-state index contributed by atoms with van der Waals surface area (Å²) >= 11 is 5.49. The fourth-order valence-corrected chi connectivity index (χ4v) is 1.95. The number of aliphatic hydroxyl groups excluding tert-OH is 1. The Balaban J connectivity index is 2.38. The highest BCUT2D eigenvalue weighted by Crippen LogP contribution is 2.29. The fraction of sp³-hybridized carbons (Fsp3) is 0.333. The Bertz CT molecular complexity index is 487. The Morgan fingerprint density at radius 3 is 2.76 bits per heavy atom. The average molecular weight is 254 g/mol. The number of carbonyl (C=O) groups is 2. The van der Waals surface area contributed by atoms with Crippen LogP contribution in [0.5, 0.6) is 0 Å². The minimum atomic E-state index is -0.833. The monoisotopic (exact) mass is 253 g/mol. The van der Waals surface area contributed by atoms with E-state index in [2.05, 4.69) is 0 Å². The van der Waals surface area contributed by atoms with Crippen LogP contribution >= 0.6 is 11.6 Å². The number of Topliss-reactive ketones (excluding diaryl/α,β-unsaturated/α-hetero) is 1. The zero-order valence-electron chi connectivity index (χ0n) is 9.31. The van der Waals surface area contributed by atoms with E-state index >= 15 is 0 Å². The van der Waals surface area contributed by atoms with E-state index < -0.39 is 17.8 Å². The summed E-state index contributed by atoms with van der Waals surface area (Å²) in [5, 5.41) is 9.47. The van der Waals surface area contributed by atoms with Gasteiger partial charge in [-0.05, 0) is 19.1 Å². The summed E-state index contributed by atoms with van der Waals surface area (Å²) < 4.78 is 0. The molecular formula is C12H12ClNO3. The Morgan fingerprint density at radius 1 is 1.41 bits per heavy atom. The van der Waals surface area contributed by atoms with Gasteiger partial charge >= 0.3 is 0 Å². The molecule has 90 valence electrons. The number of anilines is 1. The van der Waals surface area contributed by atoms with E-state index in [0.29, 0.717) is 11.3 Å². The minimum absolute atomic E-state index is 0.0269. The van der Waals surface area contributed by atoms with Gasteiger partial charge in [-0.3, -0.25) is 9.59 Å². The van der Waals surface area contributed by atoms with Gasteiger partial charge in [0.25, 0.3) is 11.7 Å². The third-order valence-electron chi connectivity index (χ3n) is 2.70. The molecule has 0 aliphatic carbocycles. The zero-order valence-corrected chi connectivity index (χ0v) is 10.1. The van der Waals surface area contributed by atoms with Gasteiger partial charge in [-0.15, -0.1) is 11.6 Å². The number of amides is 1. The summed E-state index contributed by atoms with van der Waals surface area (Å²) in [5.41, 5.74) is 1.87. The molecule has 1 aliphatic rings. The molecule has 0 saturated heterocycles. The summed E-state index contributed by atoms with van der Waals surface area (Å²) in [6.45, 7) is 1.90. The van der Waals surface area contributed by atoms with Crippen molar-refractivity contribution >= 4 is 29.0 Å². The molecule has 1 heterocycles. The zero-order chi connectivity index (χ0) is 12.6. The second-order valence-corrected chi connectivity index (χ2v) is 4.38. The molecule has 0 fully saturated rings. The molecule has 2 rings (SSSR count). The van der Waals surface area contributed by atoms with Crippen molar-refractivity contribution in [1.29, 1.82) is 0 Å². The predicted molar refractivity (Wildman–Crippen MR) is 64.6 cm³/mol. The molecule has 4 nitrogen and oxygen atoms in total. The molecule has 1 unspecified atom stereocenters. The van der Waals surface area contributed by atoms with E-state index in [1.807, 2.05) is 13.0 Å². The standard InChI is InChI=1S/C12H12ClNO3/c1-7-2-3-10-9(4-7)11(16)12(17)14(10)6-8(15)5-13/h2-4,8,15H,5-6H2,1H3. The third kappa shape index (κ3) is 2.06. The molecule has 1 aromatic rings. The van der Waals surface area contributed by atoms with Crippen molar-refractivity contribution in [2.24, 2.45) is 0 Å². The van der Waals surface area contributed by atoms with Crippen molar-refractivity contribution in [2.45, 2.75) is 13.0 Å². The summed E-state index contributed by atoms with van der Waals surface area (Å²) in [6, 6.07) is 5.22. The van der Waals surface area contributed by atoms with Crippen molar-refractivity contribution in [1.82, 2.24) is 0 Å². The molecule has 1 N–H and O–H groups in total. The Labute approximate surface area is 104 Å². The highest BCUT2D eigenvalue weighted by molar-refractivity contribution is 6.52. The Morgan fingerprint density at radius 2 is 2.12 bits per heavy atom. The van der Waals surface area contributed by atoms with Crippen molar-refractivity contribution in [3.05, 3.63) is 29.3 Å². The first-order valence-corrected chi connectivity index (χ1v) is 5.79. The van der Waals surface area contributed by atoms with E-state index in [1.165, 1.54) is 4.90 Å². The van der Waals surface area contributed by atoms with Crippen LogP contribution in [0.3, 0.4) is 0 Å². The van der Waals surface area contributed by atoms with Gasteiger partial charge in [0.1, 0.15) is 0 Å². The van der Waals surface area contributed by atoms with Crippen LogP contribution in [0.4, 0.5) is 5.69 Å². The van der Waals surface area contributed by atoms with Crippen LogP contribution in [-0.2, 0) is 4.79 Å². The Kier molecular flexibility index (Phi) is 3.17. The summed E-state index contributed by atoms with van der Waals surface area (Å²) in [7, 11) is 0. The van der Waals surface area contributed by atoms with Crippen LogP contribution < -0.4 is 4.90 Å². The van der Waals surface area contributed by atoms with Crippen LogP contribution in [0.25, 0.3) is 0 Å². The number of benzene rings is 1. The van der Waals surface area contributed by atoms with Crippen LogP contribution in [-0.4, -0.2) is 35.3 Å². The highest BCUT2D eigenvalue weighted by Gasteiger charge is 2.36. The number of halogens is 1. The summed E-state index contributed by atoms with van der Waals surface area (Å²) in [5.74, 6) is -1.10. The topological polar surface area (TPSA) is 57.6 Å². The van der Waals surface area contributed by atoms with E-state index in [0.717, 1.165) is 5.56 Å². The van der Waals surface area contributed by atoms with Crippen molar-refractivity contribution < 1.29 is 14.7 Å². The maximum absolute atomic E-state index is 11.7. The molecule has 0 radical (unpaired) electrons. The van der Waals surface area contributed by atoms with Gasteiger partial charge in [0.15, 0.2) is 0 Å². The lowest BCUT2D eigenvalue weighted by molar-refractivity contribution is -0.114. The largest absolute Gasteiger partial charge is 0.390 e. The van der Waals surface area contributed by atoms with E-state index in [4.69, 9.17) is 11.6 Å². The molecular weight excluding hydrogens is 242 g/mol. The van der Waals surface area contributed by atoms with E-state index in [-0.39, 0.29) is 12.4 Å². The molecule has 1 aromatic carbocycles. The number of aryl methyl sites for hydroxylation is 1. The highest BCUT2D eigenvalue weighted by atomic mass is 35.5. The summed E-state index contributed by atoms with van der Waals surface area (Å²) in [4.78, 5) is 24.8. The van der Waals surface area contributed by atoms with Gasteiger partial charge in [0.2, 0.25) is 0 Å². The van der Waals surface area contributed by atoms with Crippen LogP contribution in [0.1, 0.15) is 15.9 Å². The molecule has 17 heavy (non-hydrogen) atoms. The van der Waals surface area contributed by atoms with Crippen molar-refractivity contribution in [3.63, 3.8) is 0 Å². The maximum atomic E-state index is 11.7. The summed E-state index contributed by atoms with van der Waals surface area (Å²) in [6.07, 6.45) is -0.833. The van der Waals surface area contributed by atoms with Crippen LogP contribution in [0.15, 0.2) is 18.2 Å². The van der Waals surface area contributed by atoms with Gasteiger partial charge in [-0.1, -0.05) is 11.6 Å². The number of rotatable bonds is 3. The number of hydrogen-bond acceptors (Lipinski definition) is 3. The normalized spacial score (nSPS) is 16.3. The lowest BCUT2D eigenvalue weighted by Gasteiger charge is -2.19. The van der Waals surface area contributed by atoms with E-state index in [9.17, 15) is 14.7 Å². The van der Waals surface area contributed by atoms with Crippen LogP contribution in [0, 0.1) is 6.92 Å². The number of fused-ring (bicyclic) bond motifs is 1. The smallest absolute Gasteiger partial charge is 0.299 e. The molecule has 1 atom stereocenters. The van der Waals surface area contributed by atoms with Gasteiger partial charge < -0.3 is 10.0 Å². The average Bonchev–Trinajstić information content (AvgIpc) is 2.54. The second kappa shape index (κ2) is 4.47. The SMILES string of the molecule is Cc1ccc2c(c1)C(=O)C(=O)N2CC(O)CCl. The predicted octanol–water partition coefficient (Wildman–Crippen LogP) is 1.12. The number of nitrogens with zero attached hydrogens (tertiary/aromatic N) is 1. The van der Waals surface area contributed by atoms with E-state index in [1.54, 1.807) is 12.1 Å². The lowest BCUT2D eigenvalue weighted by Crippen LogP contribution is -2.37. The van der Waals surface area contributed by atoms with Gasteiger partial charge in [-0.25, -0.2) is 0 Å². The molecule has 1 amide bonds. The number of alkyl halides is 1. The van der Waals surface area contributed by atoms with Gasteiger partial charge in [-0.2, -0.15) is 0 Å². The Hall–Kier alpha value is -1.39. The van der Waals surface area contributed by atoms with Crippen molar-refractivity contribution in [3.8, 4) is 0 Å². The fourth-order valence-electron chi connectivity index (χ4n) is 1.86.